The lowest BCUT2D eigenvalue weighted by atomic mass is 10.5. The van der Waals surface area contributed by atoms with Gasteiger partial charge >= 0.3 is 0 Å². The molecule has 0 aliphatic carbocycles. The molecular weight excluding hydrogens is 215 g/mol. The average Bonchev–Trinajstić information content (AvgIpc) is 2.85. The molecule has 6 heteroatoms. The summed E-state index contributed by atoms with van der Waals surface area (Å²) in [6.07, 6.45) is 2.74. The third kappa shape index (κ3) is 1.22. The number of hydrogen-bond donors (Lipinski definition) is 0. The van der Waals surface area contributed by atoms with Gasteiger partial charge in [0.05, 0.1) is 5.69 Å². The van der Waals surface area contributed by atoms with E-state index in [0.717, 1.165) is 5.69 Å². The zero-order valence-corrected chi connectivity index (χ0v) is 8.28. The number of aromatic nitrogens is 4. The van der Waals surface area contributed by atoms with Crippen LogP contribution in [0.3, 0.4) is 0 Å². The maximum absolute atomic E-state index is 13.2. The SMILES string of the molecule is Fc1ncnc2c1ncn2-c1ccsc1. The quantitative estimate of drug-likeness (QED) is 0.589. The Kier molecular flexibility index (Phi) is 1.75. The number of rotatable bonds is 1. The Morgan fingerprint density at radius 3 is 3.00 bits per heavy atom. The summed E-state index contributed by atoms with van der Waals surface area (Å²) in [6, 6.07) is 1.92. The topological polar surface area (TPSA) is 43.6 Å². The first-order valence-electron chi connectivity index (χ1n) is 4.22. The first-order chi connectivity index (χ1) is 7.36. The number of halogens is 1. The van der Waals surface area contributed by atoms with Gasteiger partial charge in [0, 0.05) is 5.38 Å². The van der Waals surface area contributed by atoms with Crippen molar-refractivity contribution in [3.8, 4) is 5.69 Å². The Balaban J connectivity index is 2.34. The minimum absolute atomic E-state index is 0.198. The molecule has 0 N–H and O–H groups in total. The molecule has 0 spiro atoms. The van der Waals surface area contributed by atoms with E-state index in [1.165, 1.54) is 6.33 Å². The van der Waals surface area contributed by atoms with Crippen LogP contribution in [0.2, 0.25) is 0 Å². The Bertz CT molecular complexity index is 602. The second-order valence-electron chi connectivity index (χ2n) is 2.93. The summed E-state index contributed by atoms with van der Waals surface area (Å²) in [5.74, 6) is -0.589. The van der Waals surface area contributed by atoms with Gasteiger partial charge in [0.2, 0.25) is 5.95 Å². The van der Waals surface area contributed by atoms with E-state index < -0.39 is 5.95 Å². The molecule has 3 rings (SSSR count). The van der Waals surface area contributed by atoms with Gasteiger partial charge in [-0.25, -0.2) is 15.0 Å². The Morgan fingerprint density at radius 1 is 1.27 bits per heavy atom. The molecule has 74 valence electrons. The van der Waals surface area contributed by atoms with Crippen LogP contribution in [0, 0.1) is 5.95 Å². The van der Waals surface area contributed by atoms with Gasteiger partial charge in [-0.2, -0.15) is 15.7 Å². The Morgan fingerprint density at radius 2 is 2.20 bits per heavy atom. The molecule has 0 unspecified atom stereocenters. The molecule has 3 aromatic rings. The second kappa shape index (κ2) is 3.09. The summed E-state index contributed by atoms with van der Waals surface area (Å²) in [7, 11) is 0. The van der Waals surface area contributed by atoms with Gasteiger partial charge in [-0.3, -0.25) is 4.57 Å². The normalized spacial score (nSPS) is 11.0. The standard InChI is InChI=1S/C9H5FN4S/c10-8-7-9(12-4-11-8)14(5-13-7)6-1-2-15-3-6/h1-5H. The van der Waals surface area contributed by atoms with Crippen molar-refractivity contribution in [2.75, 3.05) is 0 Å². The van der Waals surface area contributed by atoms with Crippen LogP contribution in [-0.4, -0.2) is 19.5 Å². The molecule has 0 bridgehead atoms. The molecule has 15 heavy (non-hydrogen) atoms. The molecule has 3 heterocycles. The van der Waals surface area contributed by atoms with Crippen LogP contribution in [0.4, 0.5) is 4.39 Å². The molecular formula is C9H5FN4S. The van der Waals surface area contributed by atoms with E-state index in [1.807, 2.05) is 16.8 Å². The molecule has 0 radical (unpaired) electrons. The fourth-order valence-electron chi connectivity index (χ4n) is 1.39. The molecule has 0 aliphatic heterocycles. The predicted molar refractivity (Wildman–Crippen MR) is 54.5 cm³/mol. The van der Waals surface area contributed by atoms with Crippen LogP contribution in [-0.2, 0) is 0 Å². The lowest BCUT2D eigenvalue weighted by molar-refractivity contribution is 0.591. The maximum Gasteiger partial charge on any atom is 0.244 e. The minimum atomic E-state index is -0.589. The molecule has 0 aliphatic rings. The smallest absolute Gasteiger partial charge is 0.244 e. The van der Waals surface area contributed by atoms with Crippen LogP contribution < -0.4 is 0 Å². The lowest BCUT2D eigenvalue weighted by Crippen LogP contribution is -1.93. The highest BCUT2D eigenvalue weighted by atomic mass is 32.1. The first kappa shape index (κ1) is 8.49. The zero-order valence-electron chi connectivity index (χ0n) is 7.46. The summed E-state index contributed by atoms with van der Waals surface area (Å²) in [5.41, 5.74) is 1.62. The fourth-order valence-corrected chi connectivity index (χ4v) is 2.02. The summed E-state index contributed by atoms with van der Waals surface area (Å²) >= 11 is 1.56. The van der Waals surface area contributed by atoms with Crippen molar-refractivity contribution in [1.29, 1.82) is 0 Å². The van der Waals surface area contributed by atoms with E-state index >= 15 is 0 Å². The molecule has 0 saturated carbocycles. The van der Waals surface area contributed by atoms with Gasteiger partial charge in [0.15, 0.2) is 11.2 Å². The van der Waals surface area contributed by atoms with E-state index in [-0.39, 0.29) is 5.52 Å². The zero-order chi connectivity index (χ0) is 10.3. The van der Waals surface area contributed by atoms with Gasteiger partial charge in [-0.05, 0) is 11.4 Å². The van der Waals surface area contributed by atoms with Crippen molar-refractivity contribution in [1.82, 2.24) is 19.5 Å². The summed E-state index contributed by atoms with van der Waals surface area (Å²) < 4.78 is 14.9. The van der Waals surface area contributed by atoms with Gasteiger partial charge in [-0.1, -0.05) is 0 Å². The first-order valence-corrected chi connectivity index (χ1v) is 5.16. The molecule has 0 amide bonds. The maximum atomic E-state index is 13.2. The van der Waals surface area contributed by atoms with Gasteiger partial charge in [0.1, 0.15) is 12.7 Å². The van der Waals surface area contributed by atoms with Gasteiger partial charge in [-0.15, -0.1) is 0 Å². The number of imidazole rings is 1. The van der Waals surface area contributed by atoms with E-state index in [9.17, 15) is 4.39 Å². The summed E-state index contributed by atoms with van der Waals surface area (Å²) in [4.78, 5) is 11.4. The summed E-state index contributed by atoms with van der Waals surface area (Å²) in [6.45, 7) is 0. The van der Waals surface area contributed by atoms with Crippen LogP contribution >= 0.6 is 11.3 Å². The second-order valence-corrected chi connectivity index (χ2v) is 3.71. The highest BCUT2D eigenvalue weighted by Crippen LogP contribution is 2.18. The van der Waals surface area contributed by atoms with E-state index in [0.29, 0.717) is 5.65 Å². The Labute approximate surface area is 88.1 Å². The molecule has 0 saturated heterocycles. The fraction of sp³-hybridized carbons (Fsp3) is 0. The lowest BCUT2D eigenvalue weighted by Gasteiger charge is -1.97. The van der Waals surface area contributed by atoms with Crippen molar-refractivity contribution in [3.63, 3.8) is 0 Å². The van der Waals surface area contributed by atoms with E-state index in [1.54, 1.807) is 22.2 Å². The molecule has 0 atom stereocenters. The van der Waals surface area contributed by atoms with Crippen LogP contribution in [0.25, 0.3) is 16.9 Å². The van der Waals surface area contributed by atoms with Crippen molar-refractivity contribution < 1.29 is 4.39 Å². The van der Waals surface area contributed by atoms with Crippen LogP contribution in [0.5, 0.6) is 0 Å². The molecule has 4 nitrogen and oxygen atoms in total. The van der Waals surface area contributed by atoms with E-state index in [2.05, 4.69) is 15.0 Å². The third-order valence-electron chi connectivity index (χ3n) is 2.07. The molecule has 0 fully saturated rings. The van der Waals surface area contributed by atoms with Crippen molar-refractivity contribution in [3.05, 3.63) is 35.4 Å². The highest BCUT2D eigenvalue weighted by molar-refractivity contribution is 7.08. The number of fused-ring (bicyclic) bond motifs is 1. The van der Waals surface area contributed by atoms with Gasteiger partial charge < -0.3 is 0 Å². The summed E-state index contributed by atoms with van der Waals surface area (Å²) in [5, 5.41) is 3.89. The van der Waals surface area contributed by atoms with Crippen molar-refractivity contribution in [2.45, 2.75) is 0 Å². The minimum Gasteiger partial charge on any atom is -0.282 e. The molecule has 3 aromatic heterocycles. The molecule has 0 aromatic carbocycles. The monoisotopic (exact) mass is 220 g/mol. The van der Waals surface area contributed by atoms with Crippen LogP contribution in [0.1, 0.15) is 0 Å². The van der Waals surface area contributed by atoms with E-state index in [4.69, 9.17) is 0 Å². The van der Waals surface area contributed by atoms with Crippen molar-refractivity contribution >= 4 is 22.5 Å². The van der Waals surface area contributed by atoms with Crippen LogP contribution in [0.15, 0.2) is 29.5 Å². The third-order valence-corrected chi connectivity index (χ3v) is 2.74. The number of hydrogen-bond acceptors (Lipinski definition) is 4. The Hall–Kier alpha value is -1.82. The van der Waals surface area contributed by atoms with Gasteiger partial charge in [0.25, 0.3) is 0 Å². The average molecular weight is 220 g/mol. The van der Waals surface area contributed by atoms with Crippen molar-refractivity contribution in [2.24, 2.45) is 0 Å². The number of thiophene rings is 1. The number of nitrogens with zero attached hydrogens (tertiary/aromatic N) is 4. The highest BCUT2D eigenvalue weighted by Gasteiger charge is 2.10. The predicted octanol–water partition coefficient (Wildman–Crippen LogP) is 2.02. The largest absolute Gasteiger partial charge is 0.282 e.